The van der Waals surface area contributed by atoms with E-state index in [4.69, 9.17) is 5.73 Å². The van der Waals surface area contributed by atoms with Gasteiger partial charge in [0.15, 0.2) is 0 Å². The molecule has 0 aromatic heterocycles. The van der Waals surface area contributed by atoms with Crippen molar-refractivity contribution in [2.75, 3.05) is 13.1 Å². The molecule has 3 nitrogen and oxygen atoms in total. The van der Waals surface area contributed by atoms with Gasteiger partial charge in [-0.05, 0) is 36.7 Å². The topological polar surface area (TPSA) is 46.3 Å². The van der Waals surface area contributed by atoms with Crippen LogP contribution in [-0.4, -0.2) is 23.9 Å². The SMILES string of the molecule is NCCCN(Cc1ccccc1)C(=O)c1cc(F)cc(C(F)(F)F)c1. The second-order valence-electron chi connectivity index (χ2n) is 5.58. The number of alkyl halides is 3. The molecule has 2 aromatic carbocycles. The quantitative estimate of drug-likeness (QED) is 0.802. The maximum absolute atomic E-state index is 13.6. The van der Waals surface area contributed by atoms with Crippen LogP contribution in [0.1, 0.15) is 27.9 Å². The summed E-state index contributed by atoms with van der Waals surface area (Å²) in [5.41, 5.74) is 4.77. The van der Waals surface area contributed by atoms with E-state index in [0.717, 1.165) is 11.6 Å². The molecule has 0 bridgehead atoms. The number of carbonyl (C=O) groups excluding carboxylic acids is 1. The molecule has 0 spiro atoms. The van der Waals surface area contributed by atoms with Crippen molar-refractivity contribution >= 4 is 5.91 Å². The number of hydrogen-bond acceptors (Lipinski definition) is 2. The summed E-state index contributed by atoms with van der Waals surface area (Å²) in [6.45, 7) is 0.801. The summed E-state index contributed by atoms with van der Waals surface area (Å²) in [5, 5.41) is 0. The number of halogens is 4. The van der Waals surface area contributed by atoms with Crippen LogP contribution in [0, 0.1) is 5.82 Å². The number of benzene rings is 2. The second-order valence-corrected chi connectivity index (χ2v) is 5.58. The van der Waals surface area contributed by atoms with Crippen LogP contribution in [0.3, 0.4) is 0 Å². The van der Waals surface area contributed by atoms with Crippen LogP contribution in [0.25, 0.3) is 0 Å². The summed E-state index contributed by atoms with van der Waals surface area (Å²) < 4.78 is 52.1. The maximum atomic E-state index is 13.6. The lowest BCUT2D eigenvalue weighted by Gasteiger charge is -2.23. The highest BCUT2D eigenvalue weighted by molar-refractivity contribution is 5.94. The van der Waals surface area contributed by atoms with E-state index in [1.54, 1.807) is 24.3 Å². The molecule has 0 heterocycles. The maximum Gasteiger partial charge on any atom is 0.416 e. The van der Waals surface area contributed by atoms with E-state index in [0.29, 0.717) is 25.1 Å². The Labute approximate surface area is 143 Å². The predicted octanol–water partition coefficient (Wildman–Crippen LogP) is 3.84. The van der Waals surface area contributed by atoms with Crippen LogP contribution in [0.2, 0.25) is 0 Å². The van der Waals surface area contributed by atoms with E-state index in [-0.39, 0.29) is 18.7 Å². The molecule has 0 radical (unpaired) electrons. The van der Waals surface area contributed by atoms with Crippen LogP contribution >= 0.6 is 0 Å². The molecule has 0 atom stereocenters. The molecular weight excluding hydrogens is 336 g/mol. The molecule has 0 aliphatic rings. The summed E-state index contributed by atoms with van der Waals surface area (Å²) in [6.07, 6.45) is -4.24. The first-order valence-corrected chi connectivity index (χ1v) is 7.72. The van der Waals surface area contributed by atoms with Crippen LogP contribution in [0.4, 0.5) is 17.6 Å². The molecule has 2 aromatic rings. The van der Waals surface area contributed by atoms with Crippen LogP contribution < -0.4 is 5.73 Å². The molecule has 0 saturated heterocycles. The molecule has 0 fully saturated rings. The molecule has 2 N–H and O–H groups in total. The molecule has 0 aliphatic carbocycles. The summed E-state index contributed by atoms with van der Waals surface area (Å²) >= 11 is 0. The fourth-order valence-electron chi connectivity index (χ4n) is 2.40. The van der Waals surface area contributed by atoms with Gasteiger partial charge in [0.2, 0.25) is 0 Å². The molecule has 1 amide bonds. The van der Waals surface area contributed by atoms with Gasteiger partial charge in [0.25, 0.3) is 5.91 Å². The first-order chi connectivity index (χ1) is 11.8. The average molecular weight is 354 g/mol. The van der Waals surface area contributed by atoms with E-state index >= 15 is 0 Å². The highest BCUT2D eigenvalue weighted by Crippen LogP contribution is 2.30. The second kappa shape index (κ2) is 8.11. The van der Waals surface area contributed by atoms with Gasteiger partial charge in [-0.2, -0.15) is 13.2 Å². The van der Waals surface area contributed by atoms with E-state index in [2.05, 4.69) is 0 Å². The third kappa shape index (κ3) is 5.29. The highest BCUT2D eigenvalue weighted by Gasteiger charge is 2.32. The minimum Gasteiger partial charge on any atom is -0.334 e. The van der Waals surface area contributed by atoms with Gasteiger partial charge in [0.05, 0.1) is 5.56 Å². The van der Waals surface area contributed by atoms with Crippen molar-refractivity contribution in [2.45, 2.75) is 19.1 Å². The van der Waals surface area contributed by atoms with Crippen molar-refractivity contribution < 1.29 is 22.4 Å². The lowest BCUT2D eigenvalue weighted by Crippen LogP contribution is -2.32. The number of nitrogens with two attached hydrogens (primary N) is 1. The Hall–Kier alpha value is -2.41. The lowest BCUT2D eigenvalue weighted by atomic mass is 10.1. The zero-order valence-corrected chi connectivity index (χ0v) is 13.4. The van der Waals surface area contributed by atoms with Gasteiger partial charge in [-0.3, -0.25) is 4.79 Å². The largest absolute Gasteiger partial charge is 0.416 e. The third-order valence-corrected chi connectivity index (χ3v) is 3.61. The number of amides is 1. The Morgan fingerprint density at radius 2 is 1.76 bits per heavy atom. The Kier molecular flexibility index (Phi) is 6.14. The summed E-state index contributed by atoms with van der Waals surface area (Å²) in [7, 11) is 0. The van der Waals surface area contributed by atoms with Gasteiger partial charge >= 0.3 is 6.18 Å². The molecule has 0 aliphatic heterocycles. The van der Waals surface area contributed by atoms with E-state index in [1.165, 1.54) is 4.90 Å². The minimum absolute atomic E-state index is 0.206. The predicted molar refractivity (Wildman–Crippen MR) is 86.3 cm³/mol. The lowest BCUT2D eigenvalue weighted by molar-refractivity contribution is -0.137. The van der Waals surface area contributed by atoms with Crippen molar-refractivity contribution in [1.82, 2.24) is 4.90 Å². The van der Waals surface area contributed by atoms with Gasteiger partial charge < -0.3 is 10.6 Å². The highest BCUT2D eigenvalue weighted by atomic mass is 19.4. The zero-order chi connectivity index (χ0) is 18.4. The van der Waals surface area contributed by atoms with Gasteiger partial charge in [0.1, 0.15) is 5.82 Å². The Morgan fingerprint density at radius 1 is 1.08 bits per heavy atom. The minimum atomic E-state index is -4.72. The zero-order valence-electron chi connectivity index (χ0n) is 13.4. The van der Waals surface area contributed by atoms with Gasteiger partial charge in [-0.1, -0.05) is 30.3 Å². The molecule has 7 heteroatoms. The van der Waals surface area contributed by atoms with Crippen LogP contribution in [0.15, 0.2) is 48.5 Å². The van der Waals surface area contributed by atoms with Crippen molar-refractivity contribution in [3.05, 3.63) is 71.0 Å². The van der Waals surface area contributed by atoms with Crippen molar-refractivity contribution in [1.29, 1.82) is 0 Å². The van der Waals surface area contributed by atoms with Gasteiger partial charge in [-0.15, -0.1) is 0 Å². The van der Waals surface area contributed by atoms with Crippen molar-refractivity contribution in [3.63, 3.8) is 0 Å². The fraction of sp³-hybridized carbons (Fsp3) is 0.278. The number of carbonyl (C=O) groups is 1. The Bertz CT molecular complexity index is 717. The first-order valence-electron chi connectivity index (χ1n) is 7.72. The monoisotopic (exact) mass is 354 g/mol. The molecule has 134 valence electrons. The summed E-state index contributed by atoms with van der Waals surface area (Å²) in [5.74, 6) is -1.76. The molecule has 0 saturated carbocycles. The van der Waals surface area contributed by atoms with Crippen molar-refractivity contribution in [3.8, 4) is 0 Å². The molecule has 0 unspecified atom stereocenters. The summed E-state index contributed by atoms with van der Waals surface area (Å²) in [6, 6.07) is 10.9. The molecular formula is C18H18F4N2O. The normalized spacial score (nSPS) is 11.4. The van der Waals surface area contributed by atoms with Crippen LogP contribution in [0.5, 0.6) is 0 Å². The average Bonchev–Trinajstić information content (AvgIpc) is 2.57. The van der Waals surface area contributed by atoms with Crippen molar-refractivity contribution in [2.24, 2.45) is 5.73 Å². The third-order valence-electron chi connectivity index (χ3n) is 3.61. The standard InChI is InChI=1S/C18H18F4N2O/c19-16-10-14(9-15(11-16)18(20,21)22)17(25)24(8-4-7-23)12-13-5-2-1-3-6-13/h1-3,5-6,9-11H,4,7-8,12,23H2. The van der Waals surface area contributed by atoms with E-state index in [9.17, 15) is 22.4 Å². The van der Waals surface area contributed by atoms with E-state index in [1.807, 2.05) is 6.07 Å². The molecule has 25 heavy (non-hydrogen) atoms. The Balaban J connectivity index is 2.31. The van der Waals surface area contributed by atoms with Gasteiger partial charge in [0, 0.05) is 18.7 Å². The van der Waals surface area contributed by atoms with Crippen LogP contribution in [-0.2, 0) is 12.7 Å². The number of nitrogens with zero attached hydrogens (tertiary/aromatic N) is 1. The number of hydrogen-bond donors (Lipinski definition) is 1. The van der Waals surface area contributed by atoms with E-state index < -0.39 is 23.5 Å². The first kappa shape index (κ1) is 18.9. The smallest absolute Gasteiger partial charge is 0.334 e. The van der Waals surface area contributed by atoms with Gasteiger partial charge in [-0.25, -0.2) is 4.39 Å². The number of rotatable bonds is 6. The Morgan fingerprint density at radius 3 is 2.36 bits per heavy atom. The molecule has 2 rings (SSSR count). The fourth-order valence-corrected chi connectivity index (χ4v) is 2.40. The summed E-state index contributed by atoms with van der Waals surface area (Å²) in [4.78, 5) is 14.0.